The van der Waals surface area contributed by atoms with E-state index in [0.717, 1.165) is 0 Å². The van der Waals surface area contributed by atoms with E-state index in [4.69, 9.17) is 0 Å². The maximum absolute atomic E-state index is 10.8. The van der Waals surface area contributed by atoms with Gasteiger partial charge in [-0.2, -0.15) is 0 Å². The number of carbonyl (C=O) groups excluding carboxylic acids is 1. The Morgan fingerprint density at radius 1 is 1.60 bits per heavy atom. The summed E-state index contributed by atoms with van der Waals surface area (Å²) in [6, 6.07) is 5.22. The molecule has 0 aliphatic carbocycles. The van der Waals surface area contributed by atoms with E-state index in [1.165, 1.54) is 7.11 Å². The molecule has 0 aromatic carbocycles. The van der Waals surface area contributed by atoms with Crippen molar-refractivity contribution in [2.24, 2.45) is 0 Å². The normalized spacial score (nSPS) is 8.90. The zero-order valence-corrected chi connectivity index (χ0v) is 5.63. The number of ether oxygens (including phenoxy) is 1. The topological polar surface area (TPSA) is 40.4 Å². The number of hydrogen-bond donors (Lipinski definition) is 0. The Kier molecular flexibility index (Phi) is 1.99. The van der Waals surface area contributed by atoms with Crippen molar-refractivity contribution in [3.05, 3.63) is 30.1 Å². The molecular formula is C7H8NO2+. The van der Waals surface area contributed by atoms with Crippen molar-refractivity contribution in [1.29, 1.82) is 0 Å². The van der Waals surface area contributed by atoms with Crippen molar-refractivity contribution in [2.45, 2.75) is 0 Å². The molecule has 0 aliphatic heterocycles. The largest absolute Gasteiger partial charge is 0.461 e. The van der Waals surface area contributed by atoms with E-state index in [1.54, 1.807) is 24.4 Å². The van der Waals surface area contributed by atoms with Crippen molar-refractivity contribution in [1.82, 2.24) is 0 Å². The molecule has 1 aromatic rings. The number of nitrogens with one attached hydrogen (secondary N) is 1. The van der Waals surface area contributed by atoms with Gasteiger partial charge in [-0.1, -0.05) is 0 Å². The highest BCUT2D eigenvalue weighted by atomic mass is 16.5. The smallest absolute Gasteiger partial charge is 0.403 e. The second-order valence-electron chi connectivity index (χ2n) is 1.77. The lowest BCUT2D eigenvalue weighted by Gasteiger charge is -1.89. The Balaban J connectivity index is 2.85. The van der Waals surface area contributed by atoms with Crippen LogP contribution in [0.25, 0.3) is 0 Å². The molecule has 0 unspecified atom stereocenters. The minimum Gasteiger partial charge on any atom is -0.461 e. The summed E-state index contributed by atoms with van der Waals surface area (Å²) in [7, 11) is 1.35. The van der Waals surface area contributed by atoms with Crippen molar-refractivity contribution < 1.29 is 14.5 Å². The number of aromatic amines is 1. The minimum atomic E-state index is -0.347. The molecule has 1 aromatic heterocycles. The summed E-state index contributed by atoms with van der Waals surface area (Å²) in [5, 5.41) is 0. The van der Waals surface area contributed by atoms with Crippen molar-refractivity contribution in [2.75, 3.05) is 7.11 Å². The van der Waals surface area contributed by atoms with Crippen LogP contribution in [0.4, 0.5) is 0 Å². The predicted molar refractivity (Wildman–Crippen MR) is 34.3 cm³/mol. The second kappa shape index (κ2) is 2.96. The van der Waals surface area contributed by atoms with Crippen LogP contribution in [0, 0.1) is 0 Å². The van der Waals surface area contributed by atoms with Gasteiger partial charge in [-0.3, -0.25) is 0 Å². The molecule has 0 bridgehead atoms. The molecule has 3 nitrogen and oxygen atoms in total. The Hall–Kier alpha value is -1.38. The highest BCUT2D eigenvalue weighted by Gasteiger charge is 2.09. The molecule has 0 aliphatic rings. The molecule has 10 heavy (non-hydrogen) atoms. The molecule has 1 rings (SSSR count). The maximum atomic E-state index is 10.8. The summed E-state index contributed by atoms with van der Waals surface area (Å²) in [5.74, 6) is -0.347. The first-order chi connectivity index (χ1) is 4.84. The first-order valence-corrected chi connectivity index (χ1v) is 2.89. The summed E-state index contributed by atoms with van der Waals surface area (Å²) < 4.78 is 4.47. The van der Waals surface area contributed by atoms with E-state index in [0.29, 0.717) is 5.69 Å². The van der Waals surface area contributed by atoms with Crippen LogP contribution >= 0.6 is 0 Å². The van der Waals surface area contributed by atoms with Gasteiger partial charge in [0, 0.05) is 12.1 Å². The van der Waals surface area contributed by atoms with Gasteiger partial charge in [0.2, 0.25) is 0 Å². The van der Waals surface area contributed by atoms with Crippen LogP contribution in [0.5, 0.6) is 0 Å². The van der Waals surface area contributed by atoms with Crippen LogP contribution < -0.4 is 4.98 Å². The van der Waals surface area contributed by atoms with Crippen molar-refractivity contribution >= 4 is 5.97 Å². The van der Waals surface area contributed by atoms with Crippen LogP contribution in [0.15, 0.2) is 24.4 Å². The van der Waals surface area contributed by atoms with Gasteiger partial charge in [-0.05, 0) is 6.07 Å². The Morgan fingerprint density at radius 3 is 2.90 bits per heavy atom. The standard InChI is InChI=1S/C7H7NO2/c1-10-7(9)6-4-2-3-5-8-6/h2-5H,1H3/p+1. The third-order valence-corrected chi connectivity index (χ3v) is 1.11. The van der Waals surface area contributed by atoms with Gasteiger partial charge in [0.1, 0.15) is 0 Å². The first-order valence-electron chi connectivity index (χ1n) is 2.89. The molecule has 1 N–H and O–H groups in total. The van der Waals surface area contributed by atoms with Gasteiger partial charge in [0.25, 0.3) is 5.69 Å². The summed E-state index contributed by atoms with van der Waals surface area (Å²) >= 11 is 0. The highest BCUT2D eigenvalue weighted by Crippen LogP contribution is 1.89. The van der Waals surface area contributed by atoms with Crippen molar-refractivity contribution in [3.63, 3.8) is 0 Å². The predicted octanol–water partition coefficient (Wildman–Crippen LogP) is 0.287. The average molecular weight is 138 g/mol. The molecule has 0 atom stereocenters. The highest BCUT2D eigenvalue weighted by molar-refractivity contribution is 5.85. The lowest BCUT2D eigenvalue weighted by molar-refractivity contribution is -0.383. The number of aromatic nitrogens is 1. The number of H-pyrrole nitrogens is 1. The lowest BCUT2D eigenvalue weighted by Crippen LogP contribution is -2.16. The van der Waals surface area contributed by atoms with Crippen LogP contribution in [0.2, 0.25) is 0 Å². The third-order valence-electron chi connectivity index (χ3n) is 1.11. The first kappa shape index (κ1) is 6.74. The Morgan fingerprint density at radius 2 is 2.40 bits per heavy atom. The van der Waals surface area contributed by atoms with E-state index in [9.17, 15) is 4.79 Å². The minimum absolute atomic E-state index is 0.347. The van der Waals surface area contributed by atoms with Gasteiger partial charge in [-0.15, -0.1) is 0 Å². The van der Waals surface area contributed by atoms with Crippen LogP contribution in [0.1, 0.15) is 10.5 Å². The molecular weight excluding hydrogens is 130 g/mol. The second-order valence-corrected chi connectivity index (χ2v) is 1.77. The van der Waals surface area contributed by atoms with E-state index >= 15 is 0 Å². The van der Waals surface area contributed by atoms with Gasteiger partial charge in [0.05, 0.1) is 7.11 Å². The van der Waals surface area contributed by atoms with E-state index < -0.39 is 0 Å². The van der Waals surface area contributed by atoms with Crippen molar-refractivity contribution in [3.8, 4) is 0 Å². The molecule has 3 heteroatoms. The van der Waals surface area contributed by atoms with Crippen LogP contribution in [-0.4, -0.2) is 13.1 Å². The quantitative estimate of drug-likeness (QED) is 0.523. The van der Waals surface area contributed by atoms with Gasteiger partial charge < -0.3 is 4.74 Å². The average Bonchev–Trinajstić information content (AvgIpc) is 2.05. The monoisotopic (exact) mass is 138 g/mol. The summed E-state index contributed by atoms with van der Waals surface area (Å²) in [4.78, 5) is 13.5. The van der Waals surface area contributed by atoms with Crippen LogP contribution in [0.3, 0.4) is 0 Å². The van der Waals surface area contributed by atoms with E-state index in [1.807, 2.05) is 0 Å². The molecule has 0 saturated heterocycles. The zero-order chi connectivity index (χ0) is 7.40. The Labute approximate surface area is 58.7 Å². The van der Waals surface area contributed by atoms with E-state index in [-0.39, 0.29) is 5.97 Å². The molecule has 0 amide bonds. The molecule has 52 valence electrons. The van der Waals surface area contributed by atoms with Gasteiger partial charge in [-0.25, -0.2) is 9.78 Å². The fourth-order valence-corrected chi connectivity index (χ4v) is 0.630. The third kappa shape index (κ3) is 1.31. The maximum Gasteiger partial charge on any atom is 0.403 e. The fourth-order valence-electron chi connectivity index (χ4n) is 0.630. The molecule has 0 fully saturated rings. The summed E-state index contributed by atoms with van der Waals surface area (Å²) in [5.41, 5.74) is 0.463. The van der Waals surface area contributed by atoms with Gasteiger partial charge in [0.15, 0.2) is 6.20 Å². The summed E-state index contributed by atoms with van der Waals surface area (Å²) in [6.07, 6.45) is 1.67. The molecule has 0 radical (unpaired) electrons. The summed E-state index contributed by atoms with van der Waals surface area (Å²) in [6.45, 7) is 0. The Bertz CT molecular complexity index is 220. The number of carbonyl (C=O) groups is 1. The SMILES string of the molecule is COC(=O)c1cccc[nH+]1. The van der Waals surface area contributed by atoms with Gasteiger partial charge >= 0.3 is 5.97 Å². The molecule has 0 saturated carbocycles. The number of esters is 1. The van der Waals surface area contributed by atoms with Crippen LogP contribution in [-0.2, 0) is 4.74 Å². The number of rotatable bonds is 1. The van der Waals surface area contributed by atoms with E-state index in [2.05, 4.69) is 9.72 Å². The fraction of sp³-hybridized carbons (Fsp3) is 0.143. The molecule has 1 heterocycles. The number of methoxy groups -OCH3 is 1. The number of hydrogen-bond acceptors (Lipinski definition) is 2. The number of pyridine rings is 1. The zero-order valence-electron chi connectivity index (χ0n) is 5.63. The lowest BCUT2D eigenvalue weighted by atomic mass is 10.4. The molecule has 0 spiro atoms.